The van der Waals surface area contributed by atoms with Crippen LogP contribution in [0.15, 0.2) is 18.5 Å². The summed E-state index contributed by atoms with van der Waals surface area (Å²) in [6.45, 7) is 5.62. The van der Waals surface area contributed by atoms with Gasteiger partial charge < -0.3 is 10.1 Å². The normalized spacial score (nSPS) is 10.3. The molecule has 0 aromatic carbocycles. The van der Waals surface area contributed by atoms with Crippen LogP contribution in [0.3, 0.4) is 0 Å². The SMILES string of the molecule is CCCOc1cncc(-c2nsnc2NCC)c1. The van der Waals surface area contributed by atoms with Gasteiger partial charge in [-0.3, -0.25) is 4.98 Å². The Morgan fingerprint density at radius 1 is 1.28 bits per heavy atom. The van der Waals surface area contributed by atoms with Crippen LogP contribution in [0.2, 0.25) is 0 Å². The van der Waals surface area contributed by atoms with Gasteiger partial charge in [-0.2, -0.15) is 8.75 Å². The summed E-state index contributed by atoms with van der Waals surface area (Å²) >= 11 is 1.19. The predicted molar refractivity (Wildman–Crippen MR) is 73.1 cm³/mol. The lowest BCUT2D eigenvalue weighted by Gasteiger charge is -2.06. The molecule has 96 valence electrons. The monoisotopic (exact) mass is 264 g/mol. The average Bonchev–Trinajstić information content (AvgIpc) is 2.85. The molecule has 0 bridgehead atoms. The molecule has 18 heavy (non-hydrogen) atoms. The second kappa shape index (κ2) is 6.30. The Bertz CT molecular complexity index is 500. The van der Waals surface area contributed by atoms with E-state index in [0.717, 1.165) is 35.8 Å². The van der Waals surface area contributed by atoms with Gasteiger partial charge in [0.05, 0.1) is 24.5 Å². The third kappa shape index (κ3) is 2.95. The highest BCUT2D eigenvalue weighted by Gasteiger charge is 2.10. The largest absolute Gasteiger partial charge is 0.492 e. The van der Waals surface area contributed by atoms with Crippen molar-refractivity contribution < 1.29 is 4.74 Å². The molecule has 0 amide bonds. The maximum Gasteiger partial charge on any atom is 0.168 e. The molecular formula is C12H16N4OS. The third-order valence-electron chi connectivity index (χ3n) is 2.29. The van der Waals surface area contributed by atoms with Crippen molar-refractivity contribution >= 4 is 17.5 Å². The summed E-state index contributed by atoms with van der Waals surface area (Å²) < 4.78 is 14.1. The van der Waals surface area contributed by atoms with Crippen molar-refractivity contribution in [2.75, 3.05) is 18.5 Å². The van der Waals surface area contributed by atoms with Crippen LogP contribution in [0.5, 0.6) is 5.75 Å². The van der Waals surface area contributed by atoms with E-state index in [1.807, 2.05) is 13.0 Å². The van der Waals surface area contributed by atoms with E-state index in [4.69, 9.17) is 4.74 Å². The molecule has 2 aromatic heterocycles. The summed E-state index contributed by atoms with van der Waals surface area (Å²) in [6.07, 6.45) is 4.47. The molecule has 2 heterocycles. The lowest BCUT2D eigenvalue weighted by Crippen LogP contribution is -1.99. The van der Waals surface area contributed by atoms with Crippen LogP contribution in [-0.4, -0.2) is 26.9 Å². The van der Waals surface area contributed by atoms with Gasteiger partial charge in [0, 0.05) is 18.3 Å². The van der Waals surface area contributed by atoms with Gasteiger partial charge in [-0.25, -0.2) is 0 Å². The predicted octanol–water partition coefficient (Wildman–Crippen LogP) is 2.82. The highest BCUT2D eigenvalue weighted by Crippen LogP contribution is 2.27. The van der Waals surface area contributed by atoms with Crippen LogP contribution < -0.4 is 10.1 Å². The van der Waals surface area contributed by atoms with Crippen molar-refractivity contribution in [3.63, 3.8) is 0 Å². The first-order chi connectivity index (χ1) is 8.85. The summed E-state index contributed by atoms with van der Waals surface area (Å²) in [5.41, 5.74) is 1.75. The summed E-state index contributed by atoms with van der Waals surface area (Å²) in [4.78, 5) is 4.18. The highest BCUT2D eigenvalue weighted by atomic mass is 32.1. The lowest BCUT2D eigenvalue weighted by atomic mass is 10.2. The molecule has 0 aliphatic rings. The van der Waals surface area contributed by atoms with Crippen molar-refractivity contribution in [2.45, 2.75) is 20.3 Å². The Morgan fingerprint density at radius 3 is 2.94 bits per heavy atom. The fourth-order valence-electron chi connectivity index (χ4n) is 1.51. The average molecular weight is 264 g/mol. The van der Waals surface area contributed by atoms with Crippen LogP contribution in [-0.2, 0) is 0 Å². The molecule has 0 unspecified atom stereocenters. The van der Waals surface area contributed by atoms with Crippen molar-refractivity contribution in [2.24, 2.45) is 0 Å². The fraction of sp³-hybridized carbons (Fsp3) is 0.417. The Balaban J connectivity index is 2.24. The fourth-order valence-corrected chi connectivity index (χ4v) is 2.06. The number of aromatic nitrogens is 3. The quantitative estimate of drug-likeness (QED) is 0.869. The molecule has 0 saturated heterocycles. The topological polar surface area (TPSA) is 59.9 Å². The molecule has 0 radical (unpaired) electrons. The van der Waals surface area contributed by atoms with Crippen LogP contribution in [0.25, 0.3) is 11.3 Å². The van der Waals surface area contributed by atoms with Crippen LogP contribution >= 0.6 is 11.7 Å². The minimum Gasteiger partial charge on any atom is -0.492 e. The maximum absolute atomic E-state index is 5.57. The smallest absolute Gasteiger partial charge is 0.168 e. The second-order valence-corrected chi connectivity index (χ2v) is 4.28. The molecule has 0 aliphatic carbocycles. The molecule has 0 fully saturated rings. The van der Waals surface area contributed by atoms with Gasteiger partial charge >= 0.3 is 0 Å². The van der Waals surface area contributed by atoms with E-state index in [1.54, 1.807) is 12.4 Å². The summed E-state index contributed by atoms with van der Waals surface area (Å²) in [6, 6.07) is 1.94. The summed E-state index contributed by atoms with van der Waals surface area (Å²) in [7, 11) is 0. The maximum atomic E-state index is 5.57. The Kier molecular flexibility index (Phi) is 4.46. The van der Waals surface area contributed by atoms with Crippen molar-refractivity contribution in [3.05, 3.63) is 18.5 Å². The molecular weight excluding hydrogens is 248 g/mol. The van der Waals surface area contributed by atoms with Crippen LogP contribution in [0.4, 0.5) is 5.82 Å². The first-order valence-electron chi connectivity index (χ1n) is 5.99. The zero-order valence-corrected chi connectivity index (χ0v) is 11.3. The van der Waals surface area contributed by atoms with Crippen molar-refractivity contribution in [1.82, 2.24) is 13.7 Å². The first kappa shape index (κ1) is 12.8. The van der Waals surface area contributed by atoms with E-state index in [2.05, 4.69) is 26.0 Å². The minimum atomic E-state index is 0.695. The molecule has 0 atom stereocenters. The molecule has 0 aliphatic heterocycles. The van der Waals surface area contributed by atoms with Gasteiger partial charge in [0.1, 0.15) is 11.4 Å². The van der Waals surface area contributed by atoms with Crippen LogP contribution in [0, 0.1) is 0 Å². The van der Waals surface area contributed by atoms with Gasteiger partial charge in [-0.15, -0.1) is 0 Å². The van der Waals surface area contributed by atoms with Gasteiger partial charge in [0.2, 0.25) is 0 Å². The van der Waals surface area contributed by atoms with Crippen LogP contribution in [0.1, 0.15) is 20.3 Å². The molecule has 1 N–H and O–H groups in total. The number of hydrogen-bond donors (Lipinski definition) is 1. The number of anilines is 1. The summed E-state index contributed by atoms with van der Waals surface area (Å²) in [5, 5.41) is 3.19. The van der Waals surface area contributed by atoms with Crippen molar-refractivity contribution in [3.8, 4) is 17.0 Å². The van der Waals surface area contributed by atoms with E-state index >= 15 is 0 Å². The van der Waals surface area contributed by atoms with E-state index in [-0.39, 0.29) is 0 Å². The highest BCUT2D eigenvalue weighted by molar-refractivity contribution is 6.99. The van der Waals surface area contributed by atoms with E-state index in [0.29, 0.717) is 6.61 Å². The van der Waals surface area contributed by atoms with Gasteiger partial charge in [0.25, 0.3) is 0 Å². The van der Waals surface area contributed by atoms with Crippen molar-refractivity contribution in [1.29, 1.82) is 0 Å². The van der Waals surface area contributed by atoms with Gasteiger partial charge in [-0.1, -0.05) is 6.92 Å². The van der Waals surface area contributed by atoms with E-state index in [9.17, 15) is 0 Å². The van der Waals surface area contributed by atoms with E-state index in [1.165, 1.54) is 11.7 Å². The third-order valence-corrected chi connectivity index (χ3v) is 2.82. The number of rotatable bonds is 6. The lowest BCUT2D eigenvalue weighted by molar-refractivity contribution is 0.316. The molecule has 5 nitrogen and oxygen atoms in total. The zero-order chi connectivity index (χ0) is 12.8. The second-order valence-electron chi connectivity index (χ2n) is 3.75. The number of ether oxygens (including phenoxy) is 1. The van der Waals surface area contributed by atoms with Gasteiger partial charge in [0.15, 0.2) is 5.82 Å². The molecule has 6 heteroatoms. The Hall–Kier alpha value is -1.69. The number of nitrogens with one attached hydrogen (secondary N) is 1. The number of nitrogens with zero attached hydrogens (tertiary/aromatic N) is 3. The Labute approximate surface area is 111 Å². The molecule has 0 spiro atoms. The zero-order valence-electron chi connectivity index (χ0n) is 10.5. The molecule has 2 aromatic rings. The molecule has 2 rings (SSSR count). The Morgan fingerprint density at radius 2 is 2.17 bits per heavy atom. The summed E-state index contributed by atoms with van der Waals surface area (Å²) in [5.74, 6) is 1.57. The van der Waals surface area contributed by atoms with E-state index < -0.39 is 0 Å². The standard InChI is InChI=1S/C12H16N4OS/c1-3-5-17-10-6-9(7-13-8-10)11-12(14-4-2)16-18-15-11/h6-8H,3-5H2,1-2H3,(H,14,16). The number of pyridine rings is 1. The minimum absolute atomic E-state index is 0.695. The first-order valence-corrected chi connectivity index (χ1v) is 6.72. The van der Waals surface area contributed by atoms with Gasteiger partial charge in [-0.05, 0) is 19.4 Å². The molecule has 0 saturated carbocycles. The number of hydrogen-bond acceptors (Lipinski definition) is 6.